The molecule has 0 bridgehead atoms. The summed E-state index contributed by atoms with van der Waals surface area (Å²) in [6.45, 7) is 4.20. The van der Waals surface area contributed by atoms with Crippen LogP contribution in [0.25, 0.3) is 16.7 Å². The van der Waals surface area contributed by atoms with Crippen LogP contribution < -0.4 is 15.6 Å². The molecule has 2 N–H and O–H groups in total. The number of benzene rings is 2. The van der Waals surface area contributed by atoms with Crippen molar-refractivity contribution in [3.05, 3.63) is 70.4 Å². The van der Waals surface area contributed by atoms with Crippen LogP contribution in [0.5, 0.6) is 5.75 Å². The minimum atomic E-state index is -0.436. The quantitative estimate of drug-likeness (QED) is 0.327. The smallest absolute Gasteiger partial charge is 0.269 e. The topological polar surface area (TPSA) is 102 Å². The number of H-pyrrole nitrogens is 1. The zero-order valence-corrected chi connectivity index (χ0v) is 18.2. The molecule has 0 atom stereocenters. The first-order valence-electron chi connectivity index (χ1n) is 9.84. The highest BCUT2D eigenvalue weighted by Gasteiger charge is 2.16. The molecule has 4 rings (SSSR count). The monoisotopic (exact) mass is 453 g/mol. The van der Waals surface area contributed by atoms with E-state index >= 15 is 0 Å². The maximum Gasteiger partial charge on any atom is 0.269 e. The van der Waals surface area contributed by atoms with Gasteiger partial charge in [-0.25, -0.2) is 9.37 Å². The minimum absolute atomic E-state index is 0.0287. The highest BCUT2D eigenvalue weighted by molar-refractivity contribution is 7.99. The Hall–Kier alpha value is -3.66. The summed E-state index contributed by atoms with van der Waals surface area (Å²) in [4.78, 5) is 30.1. The first kappa shape index (κ1) is 21.6. The number of ether oxygens (including phenoxy) is 1. The van der Waals surface area contributed by atoms with Crippen molar-refractivity contribution in [2.45, 2.75) is 19.0 Å². The molecule has 0 saturated heterocycles. The Labute approximate surface area is 186 Å². The number of fused-ring (bicyclic) bond motifs is 1. The lowest BCUT2D eigenvalue weighted by molar-refractivity contribution is -0.113. The molecule has 2 heterocycles. The van der Waals surface area contributed by atoms with Crippen LogP contribution >= 0.6 is 11.8 Å². The van der Waals surface area contributed by atoms with E-state index in [2.05, 4.69) is 20.5 Å². The fraction of sp³-hybridized carbons (Fsp3) is 0.182. The summed E-state index contributed by atoms with van der Waals surface area (Å²) in [5, 5.41) is 9.95. The van der Waals surface area contributed by atoms with Crippen LogP contribution in [0.4, 0.5) is 10.1 Å². The molecule has 10 heteroatoms. The summed E-state index contributed by atoms with van der Waals surface area (Å²) in [6.07, 6.45) is 1.42. The minimum Gasteiger partial charge on any atom is -0.494 e. The number of anilines is 1. The lowest BCUT2D eigenvalue weighted by Crippen LogP contribution is -2.22. The second kappa shape index (κ2) is 9.23. The number of rotatable bonds is 7. The van der Waals surface area contributed by atoms with E-state index in [0.717, 1.165) is 17.3 Å². The fourth-order valence-electron chi connectivity index (χ4n) is 3.10. The molecule has 0 saturated carbocycles. The van der Waals surface area contributed by atoms with Crippen molar-refractivity contribution < 1.29 is 13.9 Å². The highest BCUT2D eigenvalue weighted by Crippen LogP contribution is 2.23. The van der Waals surface area contributed by atoms with Crippen molar-refractivity contribution >= 4 is 34.4 Å². The third-order valence-electron chi connectivity index (χ3n) is 4.66. The molecule has 0 aliphatic heterocycles. The van der Waals surface area contributed by atoms with Crippen LogP contribution in [0.3, 0.4) is 0 Å². The van der Waals surface area contributed by atoms with E-state index in [-0.39, 0.29) is 17.2 Å². The number of hydrogen-bond donors (Lipinski definition) is 2. The second-order valence-electron chi connectivity index (χ2n) is 6.89. The van der Waals surface area contributed by atoms with Gasteiger partial charge in [0.1, 0.15) is 17.0 Å². The normalized spacial score (nSPS) is 11.0. The molecular weight excluding hydrogens is 433 g/mol. The van der Waals surface area contributed by atoms with Crippen LogP contribution in [-0.4, -0.2) is 38.0 Å². The molecule has 2 aromatic heterocycles. The Morgan fingerprint density at radius 3 is 2.78 bits per heavy atom. The largest absolute Gasteiger partial charge is 0.494 e. The van der Waals surface area contributed by atoms with Crippen molar-refractivity contribution in [3.8, 4) is 11.4 Å². The summed E-state index contributed by atoms with van der Waals surface area (Å²) < 4.78 is 20.4. The molecule has 0 aliphatic rings. The van der Waals surface area contributed by atoms with Crippen molar-refractivity contribution in [2.75, 3.05) is 17.7 Å². The molecule has 0 unspecified atom stereocenters. The maximum absolute atomic E-state index is 13.5. The average Bonchev–Trinajstić information content (AvgIpc) is 3.25. The van der Waals surface area contributed by atoms with Gasteiger partial charge < -0.3 is 10.1 Å². The number of nitrogens with one attached hydrogen (secondary N) is 2. The summed E-state index contributed by atoms with van der Waals surface area (Å²) in [5.41, 5.74) is 1.75. The van der Waals surface area contributed by atoms with Crippen LogP contribution in [-0.2, 0) is 4.79 Å². The van der Waals surface area contributed by atoms with Crippen molar-refractivity contribution in [3.63, 3.8) is 0 Å². The second-order valence-corrected chi connectivity index (χ2v) is 7.83. The Bertz CT molecular complexity index is 1330. The molecule has 0 radical (unpaired) electrons. The Kier molecular flexibility index (Phi) is 6.22. The maximum atomic E-state index is 13.5. The number of nitrogens with zero attached hydrogens (tertiary/aromatic N) is 3. The van der Waals surface area contributed by atoms with Crippen molar-refractivity contribution in [2.24, 2.45) is 0 Å². The van der Waals surface area contributed by atoms with Gasteiger partial charge in [-0.3, -0.25) is 19.3 Å². The number of aryl methyl sites for hydroxylation is 1. The highest BCUT2D eigenvalue weighted by atomic mass is 32.2. The Morgan fingerprint density at radius 2 is 2.03 bits per heavy atom. The van der Waals surface area contributed by atoms with Crippen molar-refractivity contribution in [1.29, 1.82) is 0 Å². The number of aromatic nitrogens is 4. The van der Waals surface area contributed by atoms with Gasteiger partial charge in [-0.15, -0.1) is 0 Å². The standard InChI is InChI=1S/C22H20FN5O3S/c1-3-31-16-8-6-15(7-9-16)28-21(30)17-11-24-27-20(17)26-22(28)32-12-19(29)25-18-10-14(23)5-4-13(18)2/h4-11H,3,12H2,1-2H3,(H,24,27)(H,25,29). The Morgan fingerprint density at radius 1 is 1.25 bits per heavy atom. The lowest BCUT2D eigenvalue weighted by Gasteiger charge is -2.13. The SMILES string of the molecule is CCOc1ccc(-n2c(SCC(=O)Nc3cc(F)ccc3C)nc3[nH]ncc3c2=O)cc1. The number of aromatic amines is 1. The van der Waals surface area contributed by atoms with Gasteiger partial charge in [0.2, 0.25) is 5.91 Å². The molecule has 0 spiro atoms. The number of thioether (sulfide) groups is 1. The molecule has 4 aromatic rings. The summed E-state index contributed by atoms with van der Waals surface area (Å²) in [5.74, 6) is -0.130. The van der Waals surface area contributed by atoms with Gasteiger partial charge in [0.25, 0.3) is 5.56 Å². The van der Waals surface area contributed by atoms with E-state index in [0.29, 0.717) is 39.9 Å². The predicted octanol–water partition coefficient (Wildman–Crippen LogP) is 3.69. The van der Waals surface area contributed by atoms with Gasteiger partial charge in [-0.2, -0.15) is 5.10 Å². The average molecular weight is 453 g/mol. The van der Waals surface area contributed by atoms with Crippen LogP contribution in [0.15, 0.2) is 58.6 Å². The van der Waals surface area contributed by atoms with Gasteiger partial charge >= 0.3 is 0 Å². The van der Waals surface area contributed by atoms with Gasteiger partial charge in [0.05, 0.1) is 24.2 Å². The van der Waals surface area contributed by atoms with E-state index in [9.17, 15) is 14.0 Å². The number of carbonyl (C=O) groups excluding carboxylic acids is 1. The summed E-state index contributed by atoms with van der Waals surface area (Å²) in [6, 6.07) is 11.2. The molecule has 0 fully saturated rings. The fourth-order valence-corrected chi connectivity index (χ4v) is 3.91. The zero-order valence-electron chi connectivity index (χ0n) is 17.4. The summed E-state index contributed by atoms with van der Waals surface area (Å²) in [7, 11) is 0. The first-order chi connectivity index (χ1) is 15.5. The van der Waals surface area contributed by atoms with E-state index in [1.807, 2.05) is 6.92 Å². The molecule has 164 valence electrons. The number of hydrogen-bond acceptors (Lipinski definition) is 6. The lowest BCUT2D eigenvalue weighted by atomic mass is 10.2. The number of halogens is 1. The van der Waals surface area contributed by atoms with Crippen LogP contribution in [0.2, 0.25) is 0 Å². The third-order valence-corrected chi connectivity index (χ3v) is 5.60. The first-order valence-corrected chi connectivity index (χ1v) is 10.8. The molecule has 0 aliphatic carbocycles. The Balaban J connectivity index is 1.63. The molecule has 8 nitrogen and oxygen atoms in total. The van der Waals surface area contributed by atoms with E-state index in [4.69, 9.17) is 4.74 Å². The number of carbonyl (C=O) groups is 1. The van der Waals surface area contributed by atoms with Gasteiger partial charge in [-0.05, 0) is 55.8 Å². The number of amides is 1. The van der Waals surface area contributed by atoms with E-state index in [1.165, 1.54) is 22.9 Å². The van der Waals surface area contributed by atoms with Gasteiger partial charge in [-0.1, -0.05) is 17.8 Å². The van der Waals surface area contributed by atoms with Crippen molar-refractivity contribution in [1.82, 2.24) is 19.7 Å². The van der Waals surface area contributed by atoms with Gasteiger partial charge in [0.15, 0.2) is 10.8 Å². The summed E-state index contributed by atoms with van der Waals surface area (Å²) >= 11 is 1.09. The van der Waals surface area contributed by atoms with Crippen LogP contribution in [0.1, 0.15) is 12.5 Å². The molecule has 2 aromatic carbocycles. The molecule has 1 amide bonds. The van der Waals surface area contributed by atoms with E-state index < -0.39 is 5.82 Å². The zero-order chi connectivity index (χ0) is 22.7. The molecular formula is C22H20FN5O3S. The van der Waals surface area contributed by atoms with E-state index in [1.54, 1.807) is 37.3 Å². The molecule has 32 heavy (non-hydrogen) atoms. The predicted molar refractivity (Wildman–Crippen MR) is 121 cm³/mol. The van der Waals surface area contributed by atoms with Crippen LogP contribution in [0, 0.1) is 12.7 Å². The third kappa shape index (κ3) is 4.50. The van der Waals surface area contributed by atoms with Gasteiger partial charge in [0, 0.05) is 5.69 Å².